The quantitative estimate of drug-likeness (QED) is 0.441. The average molecular weight is 433 g/mol. The van der Waals surface area contributed by atoms with Gasteiger partial charge in [0.2, 0.25) is 5.91 Å². The van der Waals surface area contributed by atoms with Gasteiger partial charge in [0, 0.05) is 23.1 Å². The van der Waals surface area contributed by atoms with Crippen LogP contribution in [0.3, 0.4) is 0 Å². The van der Waals surface area contributed by atoms with Crippen molar-refractivity contribution in [3.8, 4) is 0 Å². The average Bonchev–Trinajstić information content (AvgIpc) is 3.01. The third-order valence-corrected chi connectivity index (χ3v) is 5.39. The molecule has 0 spiro atoms. The number of carboxylic acid groups (broad SMARTS) is 1. The number of benzene rings is 1. The standard InChI is InChI=1S/C19H25N2O3P.C3H6.C2H6/c1-3-5-6-10-21-14(4-2)13(11-17(20)22)19-15(21)8-7-9-16(19)25-12-18(23)24;1-3-2;1-2/h5-9,25H,3-4,10-12H2,1-2H3,(H2,20,22)(H,23,24);3H,1H2,2H3;1-2H3/b6-5+;;. The van der Waals surface area contributed by atoms with Crippen LogP contribution in [0.15, 0.2) is 43.0 Å². The fourth-order valence-corrected chi connectivity index (χ4v) is 4.19. The largest absolute Gasteiger partial charge is 0.481 e. The third-order valence-electron chi connectivity index (χ3n) is 4.12. The first kappa shape index (κ1) is 27.6. The van der Waals surface area contributed by atoms with Crippen LogP contribution in [0.5, 0.6) is 0 Å². The molecule has 5 nitrogen and oxygen atoms in total. The number of rotatable bonds is 9. The number of aromatic nitrogens is 1. The summed E-state index contributed by atoms with van der Waals surface area (Å²) in [6.07, 6.45) is 8.03. The minimum absolute atomic E-state index is 0.0947. The maximum Gasteiger partial charge on any atom is 0.307 e. The molecular weight excluding hydrogens is 395 g/mol. The minimum atomic E-state index is -0.812. The van der Waals surface area contributed by atoms with Gasteiger partial charge in [0.15, 0.2) is 0 Å². The van der Waals surface area contributed by atoms with E-state index in [1.807, 2.05) is 39.0 Å². The lowest BCUT2D eigenvalue weighted by Gasteiger charge is -2.08. The molecule has 0 radical (unpaired) electrons. The lowest BCUT2D eigenvalue weighted by Crippen LogP contribution is -2.16. The first-order valence-electron chi connectivity index (χ1n) is 10.5. The fourth-order valence-electron chi connectivity index (χ4n) is 3.18. The number of allylic oxidation sites excluding steroid dienone is 3. The second-order valence-electron chi connectivity index (χ2n) is 6.27. The number of amides is 1. The van der Waals surface area contributed by atoms with E-state index < -0.39 is 5.97 Å². The van der Waals surface area contributed by atoms with Crippen LogP contribution in [0.2, 0.25) is 0 Å². The molecule has 30 heavy (non-hydrogen) atoms. The molecule has 1 heterocycles. The smallest absolute Gasteiger partial charge is 0.307 e. The molecular formula is C24H37N2O3P. The van der Waals surface area contributed by atoms with Gasteiger partial charge in [0.05, 0.1) is 12.6 Å². The molecule has 6 heteroatoms. The zero-order valence-corrected chi connectivity index (χ0v) is 20.0. The first-order chi connectivity index (χ1) is 14.4. The molecule has 1 amide bonds. The second-order valence-corrected chi connectivity index (χ2v) is 7.51. The van der Waals surface area contributed by atoms with Gasteiger partial charge in [-0.2, -0.15) is 0 Å². The number of hydrogen-bond donors (Lipinski definition) is 2. The van der Waals surface area contributed by atoms with E-state index in [9.17, 15) is 9.59 Å². The summed E-state index contributed by atoms with van der Waals surface area (Å²) >= 11 is 0. The summed E-state index contributed by atoms with van der Waals surface area (Å²) in [5.41, 5.74) is 8.58. The molecule has 2 aromatic rings. The van der Waals surface area contributed by atoms with E-state index in [1.165, 1.54) is 0 Å². The summed E-state index contributed by atoms with van der Waals surface area (Å²) in [6, 6.07) is 5.95. The number of primary amides is 1. The number of hydrogen-bond acceptors (Lipinski definition) is 2. The van der Waals surface area contributed by atoms with Crippen LogP contribution < -0.4 is 11.0 Å². The number of nitrogens with zero attached hydrogens (tertiary/aromatic N) is 1. The van der Waals surface area contributed by atoms with Gasteiger partial charge < -0.3 is 15.4 Å². The van der Waals surface area contributed by atoms with Crippen molar-refractivity contribution >= 4 is 36.7 Å². The van der Waals surface area contributed by atoms with Crippen LogP contribution in [-0.4, -0.2) is 27.7 Å². The van der Waals surface area contributed by atoms with E-state index in [0.29, 0.717) is 0 Å². The van der Waals surface area contributed by atoms with Crippen LogP contribution in [0.4, 0.5) is 0 Å². The predicted octanol–water partition coefficient (Wildman–Crippen LogP) is 4.80. The summed E-state index contributed by atoms with van der Waals surface area (Å²) in [5, 5.41) is 11.0. The van der Waals surface area contributed by atoms with E-state index in [4.69, 9.17) is 10.8 Å². The van der Waals surface area contributed by atoms with Crippen LogP contribution in [-0.2, 0) is 29.0 Å². The lowest BCUT2D eigenvalue weighted by molar-refractivity contribution is -0.134. The van der Waals surface area contributed by atoms with E-state index in [2.05, 4.69) is 37.1 Å². The SMILES string of the molecule is C=CC.CC.CC/C=C/Cn1c(CC)c(CC(N)=O)c2c(PCC(=O)O)cccc21. The lowest BCUT2D eigenvalue weighted by atomic mass is 10.1. The number of nitrogens with two attached hydrogens (primary N) is 1. The van der Waals surface area contributed by atoms with Gasteiger partial charge in [0.25, 0.3) is 0 Å². The summed E-state index contributed by atoms with van der Waals surface area (Å²) in [6.45, 7) is 14.1. The normalized spacial score (nSPS) is 10.6. The second kappa shape index (κ2) is 15.4. The molecule has 0 saturated heterocycles. The van der Waals surface area contributed by atoms with Crippen molar-refractivity contribution in [1.82, 2.24) is 4.57 Å². The van der Waals surface area contributed by atoms with Gasteiger partial charge >= 0.3 is 5.97 Å². The Balaban J connectivity index is 0.00000154. The Kier molecular flexibility index (Phi) is 14.2. The molecule has 0 saturated carbocycles. The minimum Gasteiger partial charge on any atom is -0.481 e. The van der Waals surface area contributed by atoms with Gasteiger partial charge in [-0.3, -0.25) is 9.59 Å². The van der Waals surface area contributed by atoms with Crippen LogP contribution in [0.1, 0.15) is 52.3 Å². The monoisotopic (exact) mass is 432 g/mol. The highest BCUT2D eigenvalue weighted by atomic mass is 31.1. The molecule has 3 N–H and O–H groups in total. The van der Waals surface area contributed by atoms with Gasteiger partial charge in [0.1, 0.15) is 0 Å². The van der Waals surface area contributed by atoms with Gasteiger partial charge in [-0.1, -0.05) is 66.6 Å². The van der Waals surface area contributed by atoms with Crippen molar-refractivity contribution in [1.29, 1.82) is 0 Å². The molecule has 1 unspecified atom stereocenters. The van der Waals surface area contributed by atoms with E-state index in [0.717, 1.165) is 46.9 Å². The highest BCUT2D eigenvalue weighted by Gasteiger charge is 2.19. The van der Waals surface area contributed by atoms with Gasteiger partial charge in [-0.05, 0) is 36.7 Å². The van der Waals surface area contributed by atoms with Gasteiger partial charge in [-0.25, -0.2) is 0 Å². The Morgan fingerprint density at radius 2 is 1.87 bits per heavy atom. The van der Waals surface area contributed by atoms with Gasteiger partial charge in [-0.15, -0.1) is 6.58 Å². The Morgan fingerprint density at radius 1 is 1.23 bits per heavy atom. The van der Waals surface area contributed by atoms with E-state index in [1.54, 1.807) is 6.08 Å². The zero-order chi connectivity index (χ0) is 23.1. The molecule has 0 aliphatic heterocycles. The molecule has 1 aromatic carbocycles. The Hall–Kier alpha value is -2.39. The number of carbonyl (C=O) groups excluding carboxylic acids is 1. The summed E-state index contributed by atoms with van der Waals surface area (Å²) < 4.78 is 2.22. The zero-order valence-electron chi connectivity index (χ0n) is 19.0. The Labute approximate surface area is 182 Å². The highest BCUT2D eigenvalue weighted by Crippen LogP contribution is 2.30. The molecule has 0 fully saturated rings. The van der Waals surface area contributed by atoms with Crippen molar-refractivity contribution in [3.63, 3.8) is 0 Å². The molecule has 166 valence electrons. The van der Waals surface area contributed by atoms with E-state index in [-0.39, 0.29) is 27.1 Å². The maximum atomic E-state index is 11.6. The Bertz CT molecular complexity index is 854. The summed E-state index contributed by atoms with van der Waals surface area (Å²) in [5.74, 6) is -1.18. The van der Waals surface area contributed by atoms with Crippen molar-refractivity contribution in [2.45, 2.75) is 60.4 Å². The van der Waals surface area contributed by atoms with Crippen molar-refractivity contribution < 1.29 is 14.7 Å². The topological polar surface area (TPSA) is 85.3 Å². The summed E-state index contributed by atoms with van der Waals surface area (Å²) in [4.78, 5) is 22.6. The summed E-state index contributed by atoms with van der Waals surface area (Å²) in [7, 11) is 0.162. The fraction of sp³-hybridized carbons (Fsp3) is 0.417. The maximum absolute atomic E-state index is 11.6. The molecule has 1 atom stereocenters. The van der Waals surface area contributed by atoms with Crippen LogP contribution in [0.25, 0.3) is 10.9 Å². The molecule has 2 rings (SSSR count). The molecule has 1 aromatic heterocycles. The van der Waals surface area contributed by atoms with Crippen molar-refractivity contribution in [2.75, 3.05) is 6.16 Å². The van der Waals surface area contributed by atoms with Crippen LogP contribution >= 0.6 is 8.58 Å². The number of carboxylic acids is 1. The van der Waals surface area contributed by atoms with Crippen LogP contribution in [0, 0.1) is 0 Å². The Morgan fingerprint density at radius 3 is 2.37 bits per heavy atom. The third kappa shape index (κ3) is 8.16. The predicted molar refractivity (Wildman–Crippen MR) is 131 cm³/mol. The number of carbonyl (C=O) groups is 2. The molecule has 0 bridgehead atoms. The number of fused-ring (bicyclic) bond motifs is 1. The van der Waals surface area contributed by atoms with E-state index >= 15 is 0 Å². The highest BCUT2D eigenvalue weighted by molar-refractivity contribution is 7.48. The number of aliphatic carboxylic acids is 1. The van der Waals surface area contributed by atoms with Crippen molar-refractivity contribution in [3.05, 3.63) is 54.3 Å². The molecule has 0 aliphatic rings. The first-order valence-corrected chi connectivity index (χ1v) is 11.7. The van der Waals surface area contributed by atoms with Crippen molar-refractivity contribution in [2.24, 2.45) is 5.73 Å². The molecule has 0 aliphatic carbocycles.